The van der Waals surface area contributed by atoms with Crippen molar-refractivity contribution >= 4 is 0 Å². The second-order valence-corrected chi connectivity index (χ2v) is 25.3. The molecule has 1 nitrogen and oxygen atoms in total. The zero-order valence-electron chi connectivity index (χ0n) is 57.4. The summed E-state index contributed by atoms with van der Waals surface area (Å²) in [6.45, 7) is 0. The lowest BCUT2D eigenvalue weighted by molar-refractivity contribution is -0.505. The van der Waals surface area contributed by atoms with E-state index in [1.54, 1.807) is 0 Å². The van der Waals surface area contributed by atoms with Crippen LogP contribution in [0, 0.1) is 0 Å². The van der Waals surface area contributed by atoms with Crippen LogP contribution in [0.25, 0.3) is 0 Å². The van der Waals surface area contributed by atoms with Crippen LogP contribution in [0.3, 0.4) is 0 Å². The van der Waals surface area contributed by atoms with E-state index < -0.39 is 273 Å². The second kappa shape index (κ2) is 31.8. The number of hydrogen-bond donors (Lipinski definition) is 0. The highest BCUT2D eigenvalue weighted by Gasteiger charge is 3.09. The smallest absolute Gasteiger partial charge is 0.244 e. The predicted octanol–water partition coefficient (Wildman–Crippen LogP) is 29.8. The molecule has 0 aromatic rings. The Morgan fingerprint density at radius 2 is 0.168 bits per heavy atom. The van der Waals surface area contributed by atoms with Gasteiger partial charge < -0.3 is 0 Å². The van der Waals surface area contributed by atoms with Gasteiger partial charge in [-0.2, -0.15) is 395 Å². The zero-order valence-corrected chi connectivity index (χ0v) is 57.4. The molecule has 0 saturated heterocycles. The van der Waals surface area contributed by atoms with E-state index in [1.807, 2.05) is 0 Å². The highest BCUT2D eigenvalue weighted by molar-refractivity contribution is 5.30. The molecular weight excluding hydrogens is 2280 g/mol. The van der Waals surface area contributed by atoms with Crippen molar-refractivity contribution in [3.8, 4) is 0 Å². The van der Waals surface area contributed by atoms with Gasteiger partial charge in [0.2, 0.25) is 5.83 Å². The first-order valence-electron chi connectivity index (χ1n) is 28.4. The molecule has 0 unspecified atom stereocenters. The Bertz CT molecular complexity index is 4220. The van der Waals surface area contributed by atoms with E-state index in [0.29, 0.717) is 0 Å². The molecule has 0 saturated carbocycles. The van der Waals surface area contributed by atoms with Crippen molar-refractivity contribution in [1.82, 2.24) is 0 Å². The molecule has 137 heavy (non-hydrogen) atoms. The minimum Gasteiger partial charge on any atom is -0.244 e. The van der Waals surface area contributed by atoms with Crippen LogP contribution < -0.4 is 0 Å². The zero-order chi connectivity index (χ0) is 114. The molecule has 820 valence electrons. The van der Waals surface area contributed by atoms with Crippen LogP contribution in [0.4, 0.5) is 395 Å². The highest BCUT2D eigenvalue weighted by atomic mass is 19.5. The van der Waals surface area contributed by atoms with Gasteiger partial charge in [-0.15, -0.1) is 0 Å². The summed E-state index contributed by atoms with van der Waals surface area (Å²) in [6, 6.07) is 0. The molecular formula is C46F90O. The lowest BCUT2D eigenvalue weighted by Crippen LogP contribution is -2.82. The van der Waals surface area contributed by atoms with Crippen LogP contribution in [-0.4, -0.2) is 249 Å². The normalized spacial score (nSPS) is 17.3. The maximum Gasteiger partial charge on any atom is 0.430 e. The fraction of sp³-hybridized carbons (Fsp3) is 0.913. The fourth-order valence-corrected chi connectivity index (χ4v) is 8.31. The molecule has 0 rings (SSSR count). The predicted molar refractivity (Wildman–Crippen MR) is 230 cm³/mol. The third-order valence-electron chi connectivity index (χ3n) is 16.9. The SMILES string of the molecule is FC(F)=C(F)C(F)(F)OC(F)(F)C(F)(F)C(F)(F)C(F)(F)C(F)(F)C(F)(F)C(F)(F)C(F)(F)C(F)(F)C(F)(F)C(F)(F)C(F)(F)C(F)(F)C(F)(F)C(F)(F)C(F)(F)C(F)(F)C(F)(F)C(F)(F)C(F)(F)C(F)(F)C(F)(F)C(F)(F)C(F)(F)C(F)(F)C(F)(F)C(F)(F)C(F)(F)C(F)(F)C(F)(F)C(F)(F)C(F)(F)C(F)(F)C(F)(F)C(F)(F)C(F)(F)C(F)(F)C(F)(F)C(F)(F)C(F)(F)C(F)(F)C(F)=C(F)F. The summed E-state index contributed by atoms with van der Waals surface area (Å²) < 4.78 is 1270. The van der Waals surface area contributed by atoms with E-state index in [4.69, 9.17) is 0 Å². The van der Waals surface area contributed by atoms with Gasteiger partial charge in [0.05, 0.1) is 0 Å². The van der Waals surface area contributed by atoms with Gasteiger partial charge in [0.15, 0.2) is 0 Å². The Morgan fingerprint density at radius 1 is 0.0949 bits per heavy atom. The Morgan fingerprint density at radius 3 is 0.248 bits per heavy atom. The van der Waals surface area contributed by atoms with Gasteiger partial charge in [0.25, 0.3) is 5.83 Å². The lowest BCUT2D eigenvalue weighted by atomic mass is 9.80. The molecule has 91 heteroatoms. The lowest BCUT2D eigenvalue weighted by Gasteiger charge is -2.48. The first kappa shape index (κ1) is 130. The molecule has 0 radical (unpaired) electrons. The monoisotopic (exact) mass is 2280 g/mol. The minimum atomic E-state index is -11.7. The van der Waals surface area contributed by atoms with Gasteiger partial charge in [0, 0.05) is 0 Å². The summed E-state index contributed by atoms with van der Waals surface area (Å²) in [5.41, 5.74) is 0. The van der Waals surface area contributed by atoms with E-state index in [9.17, 15) is 395 Å². The number of rotatable bonds is 44. The molecule has 0 aliphatic heterocycles. The van der Waals surface area contributed by atoms with Crippen LogP contribution in [0.2, 0.25) is 0 Å². The topological polar surface area (TPSA) is 9.23 Å². The van der Waals surface area contributed by atoms with Crippen LogP contribution in [0.15, 0.2) is 23.8 Å². The van der Waals surface area contributed by atoms with Crippen molar-refractivity contribution < 1.29 is 400 Å². The Balaban J connectivity index is 8.68. The number of ether oxygens (including phenoxy) is 1. The molecule has 0 atom stereocenters. The molecule has 0 aliphatic rings. The fourth-order valence-electron chi connectivity index (χ4n) is 8.31. The summed E-state index contributed by atoms with van der Waals surface area (Å²) in [6.07, 6.45) is -27.6. The maximum atomic E-state index is 14.5. The first-order chi connectivity index (χ1) is 57.4. The quantitative estimate of drug-likeness (QED) is 0.0553. The molecule has 0 fully saturated rings. The largest absolute Gasteiger partial charge is 0.430 e. The van der Waals surface area contributed by atoms with E-state index in [-0.39, 0.29) is 0 Å². The number of halogens is 90. The molecule has 0 N–H and O–H groups in total. The summed E-state index contributed by atoms with van der Waals surface area (Å²) in [4.78, 5) is 0. The van der Waals surface area contributed by atoms with Crippen LogP contribution in [-0.2, 0) is 4.74 Å². The molecule has 0 aromatic heterocycles. The third kappa shape index (κ3) is 14.5. The van der Waals surface area contributed by atoms with Crippen molar-refractivity contribution in [2.45, 2.75) is 249 Å². The van der Waals surface area contributed by atoms with Crippen LogP contribution in [0.5, 0.6) is 0 Å². The van der Waals surface area contributed by atoms with Crippen LogP contribution >= 0.6 is 0 Å². The molecule has 0 aliphatic carbocycles. The van der Waals surface area contributed by atoms with Crippen molar-refractivity contribution in [3.05, 3.63) is 23.8 Å². The number of alkyl halides is 84. The average Bonchev–Trinajstić information content (AvgIpc) is 0.667. The van der Waals surface area contributed by atoms with Gasteiger partial charge >= 0.3 is 261 Å². The van der Waals surface area contributed by atoms with E-state index >= 15 is 0 Å². The van der Waals surface area contributed by atoms with Gasteiger partial charge in [-0.1, -0.05) is 0 Å². The third-order valence-corrected chi connectivity index (χ3v) is 16.9. The van der Waals surface area contributed by atoms with Crippen LogP contribution in [0.1, 0.15) is 0 Å². The first-order valence-corrected chi connectivity index (χ1v) is 28.4. The Hall–Kier alpha value is -6.86. The van der Waals surface area contributed by atoms with Gasteiger partial charge in [0.1, 0.15) is 0 Å². The van der Waals surface area contributed by atoms with Crippen molar-refractivity contribution in [2.24, 2.45) is 0 Å². The maximum absolute atomic E-state index is 14.5. The second-order valence-electron chi connectivity index (χ2n) is 25.3. The van der Waals surface area contributed by atoms with Crippen molar-refractivity contribution in [2.75, 3.05) is 0 Å². The molecule has 0 amide bonds. The number of allylic oxidation sites excluding steroid dienone is 1. The summed E-state index contributed by atoms with van der Waals surface area (Å²) >= 11 is 0. The van der Waals surface area contributed by atoms with E-state index in [1.165, 1.54) is 0 Å². The molecule has 0 heterocycles. The summed E-state index contributed by atoms with van der Waals surface area (Å²) in [5.74, 6) is -459. The Labute approximate surface area is 674 Å². The molecule has 0 bridgehead atoms. The number of hydrogen-bond acceptors (Lipinski definition) is 1. The summed E-state index contributed by atoms with van der Waals surface area (Å²) in [5, 5.41) is 0. The van der Waals surface area contributed by atoms with E-state index in [0.717, 1.165) is 4.74 Å². The average molecular weight is 2280 g/mol. The van der Waals surface area contributed by atoms with Crippen molar-refractivity contribution in [3.63, 3.8) is 0 Å². The van der Waals surface area contributed by atoms with Gasteiger partial charge in [-0.25, -0.2) is 4.74 Å². The minimum absolute atomic E-state index is 0.785. The molecule has 0 aromatic carbocycles. The van der Waals surface area contributed by atoms with Gasteiger partial charge in [-0.3, -0.25) is 0 Å². The standard InChI is InChI=1S/C46F90O/c47-1(3(49)50)5(53,54)7(57,58)8(59,60)9(61,62)10(63,64)11(65,66)12(67,68)13(69,70)14(71,72)15(73,74)16(75,76)17(77,78)18(79,80)19(81,82)20(83,84)21(85,86)22(87,88)23(89,90)24(91,92)25(93,94)26(95,96)27(97,98)28(99,100)29(101,102)30(103,104)31(105,106)32(107,108)33(109,110)34(111,112)35(113,114)36(115,116)37(117,118)38(119,120)39(121,122)40(123,124)41(125,126)42(127,128)43(129,130)44(131,132)45(133,134)46(135,136)137-6(55,56)2(48)4(51)52. The van der Waals surface area contributed by atoms with E-state index in [2.05, 4.69) is 0 Å². The molecule has 0 spiro atoms. The highest BCUT2D eigenvalue weighted by Crippen LogP contribution is 2.78. The Kier molecular flexibility index (Phi) is 30.2. The van der Waals surface area contributed by atoms with Crippen molar-refractivity contribution in [1.29, 1.82) is 0 Å². The van der Waals surface area contributed by atoms with Gasteiger partial charge in [-0.05, 0) is 0 Å². The summed E-state index contributed by atoms with van der Waals surface area (Å²) in [7, 11) is 0.